The van der Waals surface area contributed by atoms with Crippen LogP contribution >= 0.6 is 27.3 Å². The van der Waals surface area contributed by atoms with Crippen LogP contribution in [0.25, 0.3) is 0 Å². The van der Waals surface area contributed by atoms with Gasteiger partial charge in [-0.05, 0) is 42.5 Å². The van der Waals surface area contributed by atoms with Crippen LogP contribution < -0.4 is 5.73 Å². The van der Waals surface area contributed by atoms with Crippen molar-refractivity contribution in [3.05, 3.63) is 50.6 Å². The Morgan fingerprint density at radius 2 is 2.25 bits per heavy atom. The van der Waals surface area contributed by atoms with Crippen molar-refractivity contribution in [2.45, 2.75) is 18.9 Å². The maximum Gasteiger partial charge on any atom is 0.256 e. The summed E-state index contributed by atoms with van der Waals surface area (Å²) in [6, 6.07) is 9.78. The Morgan fingerprint density at radius 3 is 2.95 bits per heavy atom. The van der Waals surface area contributed by atoms with E-state index < -0.39 is 0 Å². The quantitative estimate of drug-likeness (QED) is 0.829. The molecule has 20 heavy (non-hydrogen) atoms. The molecule has 1 unspecified atom stereocenters. The number of hydrogen-bond donors (Lipinski definition) is 1. The number of nitrogens with two attached hydrogens (primary N) is 1. The summed E-state index contributed by atoms with van der Waals surface area (Å²) in [7, 11) is 0. The molecule has 1 aromatic carbocycles. The number of benzene rings is 1. The molecule has 2 heterocycles. The van der Waals surface area contributed by atoms with Crippen LogP contribution in [0.5, 0.6) is 0 Å². The van der Waals surface area contributed by atoms with Crippen LogP contribution in [0.15, 0.2) is 40.2 Å². The predicted molar refractivity (Wildman–Crippen MR) is 85.9 cm³/mol. The Balaban J connectivity index is 1.89. The van der Waals surface area contributed by atoms with E-state index in [4.69, 9.17) is 5.73 Å². The van der Waals surface area contributed by atoms with Crippen molar-refractivity contribution in [3.63, 3.8) is 0 Å². The summed E-state index contributed by atoms with van der Waals surface area (Å²) in [5.41, 5.74) is 7.10. The lowest BCUT2D eigenvalue weighted by Gasteiger charge is -2.24. The second kappa shape index (κ2) is 5.58. The van der Waals surface area contributed by atoms with E-state index in [-0.39, 0.29) is 11.9 Å². The number of halogens is 1. The molecule has 0 bridgehead atoms. The Morgan fingerprint density at radius 1 is 1.40 bits per heavy atom. The molecule has 2 aromatic rings. The molecule has 3 nitrogen and oxygen atoms in total. The number of thiophene rings is 1. The molecule has 1 saturated heterocycles. The fourth-order valence-electron chi connectivity index (χ4n) is 2.67. The molecule has 0 radical (unpaired) electrons. The van der Waals surface area contributed by atoms with E-state index in [9.17, 15) is 4.79 Å². The average Bonchev–Trinajstić information content (AvgIpc) is 3.09. The average molecular weight is 351 g/mol. The Bertz CT molecular complexity index is 627. The summed E-state index contributed by atoms with van der Waals surface area (Å²) in [6.07, 6.45) is 2.08. The van der Waals surface area contributed by atoms with Crippen molar-refractivity contribution in [1.82, 2.24) is 4.90 Å². The van der Waals surface area contributed by atoms with Gasteiger partial charge in [-0.1, -0.05) is 22.0 Å². The number of carbonyl (C=O) groups excluding carboxylic acids is 1. The molecule has 1 amide bonds. The van der Waals surface area contributed by atoms with Crippen molar-refractivity contribution in [1.29, 1.82) is 0 Å². The summed E-state index contributed by atoms with van der Waals surface area (Å²) < 4.78 is 0.891. The highest BCUT2D eigenvalue weighted by molar-refractivity contribution is 9.10. The first-order valence-corrected chi connectivity index (χ1v) is 8.23. The van der Waals surface area contributed by atoms with E-state index in [0.29, 0.717) is 11.3 Å². The minimum absolute atomic E-state index is 0.0332. The van der Waals surface area contributed by atoms with Gasteiger partial charge in [0.25, 0.3) is 5.91 Å². The molecule has 1 aliphatic heterocycles. The SMILES string of the molecule is Nc1cc(Br)ccc1C(=O)N1CCCC1c1cccs1. The Labute approximate surface area is 130 Å². The van der Waals surface area contributed by atoms with Crippen LogP contribution in [0.3, 0.4) is 0 Å². The van der Waals surface area contributed by atoms with Crippen molar-refractivity contribution < 1.29 is 4.79 Å². The molecule has 0 aliphatic carbocycles. The van der Waals surface area contributed by atoms with E-state index in [1.807, 2.05) is 17.0 Å². The minimum atomic E-state index is 0.0332. The molecule has 0 saturated carbocycles. The number of likely N-dealkylation sites (tertiary alicyclic amines) is 1. The van der Waals surface area contributed by atoms with E-state index in [0.717, 1.165) is 23.9 Å². The number of rotatable bonds is 2. The van der Waals surface area contributed by atoms with Gasteiger partial charge in [-0.25, -0.2) is 0 Å². The molecule has 1 aromatic heterocycles. The van der Waals surface area contributed by atoms with Gasteiger partial charge in [-0.2, -0.15) is 0 Å². The zero-order valence-electron chi connectivity index (χ0n) is 10.9. The molecule has 0 spiro atoms. The van der Waals surface area contributed by atoms with Gasteiger partial charge in [-0.3, -0.25) is 4.79 Å². The summed E-state index contributed by atoms with van der Waals surface area (Å²) in [4.78, 5) is 15.9. The third kappa shape index (κ3) is 2.47. The predicted octanol–water partition coefficient (Wildman–Crippen LogP) is 4.07. The number of carbonyl (C=O) groups is 1. The fourth-order valence-corrected chi connectivity index (χ4v) is 3.92. The van der Waals surface area contributed by atoms with Gasteiger partial charge in [0.05, 0.1) is 11.6 Å². The van der Waals surface area contributed by atoms with Gasteiger partial charge in [0, 0.05) is 21.6 Å². The molecule has 5 heteroatoms. The monoisotopic (exact) mass is 350 g/mol. The lowest BCUT2D eigenvalue weighted by Crippen LogP contribution is -2.30. The molecule has 2 N–H and O–H groups in total. The van der Waals surface area contributed by atoms with Crippen LogP contribution in [-0.4, -0.2) is 17.4 Å². The zero-order valence-corrected chi connectivity index (χ0v) is 13.3. The molecule has 104 valence electrons. The third-order valence-electron chi connectivity index (χ3n) is 3.63. The second-order valence-electron chi connectivity index (χ2n) is 4.90. The van der Waals surface area contributed by atoms with Gasteiger partial charge in [0.1, 0.15) is 0 Å². The Kier molecular flexibility index (Phi) is 3.81. The number of nitrogen functional groups attached to an aromatic ring is 1. The number of hydrogen-bond acceptors (Lipinski definition) is 3. The van der Waals surface area contributed by atoms with E-state index in [2.05, 4.69) is 27.4 Å². The lowest BCUT2D eigenvalue weighted by atomic mass is 10.1. The van der Waals surface area contributed by atoms with Gasteiger partial charge in [0.15, 0.2) is 0 Å². The molecule has 1 atom stereocenters. The smallest absolute Gasteiger partial charge is 0.256 e. The summed E-state index contributed by atoms with van der Waals surface area (Å²) in [6.45, 7) is 0.802. The van der Waals surface area contributed by atoms with Gasteiger partial charge < -0.3 is 10.6 Å². The number of anilines is 1. The van der Waals surface area contributed by atoms with Crippen molar-refractivity contribution >= 4 is 38.9 Å². The van der Waals surface area contributed by atoms with Crippen LogP contribution in [0.2, 0.25) is 0 Å². The van der Waals surface area contributed by atoms with Gasteiger partial charge >= 0.3 is 0 Å². The molecule has 1 aliphatic rings. The molecular formula is C15H15BrN2OS. The summed E-state index contributed by atoms with van der Waals surface area (Å²) >= 11 is 5.08. The van der Waals surface area contributed by atoms with Crippen molar-refractivity contribution in [3.8, 4) is 0 Å². The highest BCUT2D eigenvalue weighted by Crippen LogP contribution is 2.36. The first kappa shape index (κ1) is 13.6. The zero-order chi connectivity index (χ0) is 14.1. The third-order valence-corrected chi connectivity index (χ3v) is 5.10. The van der Waals surface area contributed by atoms with Crippen LogP contribution in [-0.2, 0) is 0 Å². The fraction of sp³-hybridized carbons (Fsp3) is 0.267. The molecular weight excluding hydrogens is 336 g/mol. The summed E-state index contributed by atoms with van der Waals surface area (Å²) in [5.74, 6) is 0.0332. The topological polar surface area (TPSA) is 46.3 Å². The van der Waals surface area contributed by atoms with E-state index >= 15 is 0 Å². The largest absolute Gasteiger partial charge is 0.398 e. The normalized spacial score (nSPS) is 18.4. The highest BCUT2D eigenvalue weighted by Gasteiger charge is 2.31. The van der Waals surface area contributed by atoms with Crippen LogP contribution in [0.1, 0.15) is 34.1 Å². The van der Waals surface area contributed by atoms with Crippen molar-refractivity contribution in [2.24, 2.45) is 0 Å². The van der Waals surface area contributed by atoms with E-state index in [1.165, 1.54) is 4.88 Å². The lowest BCUT2D eigenvalue weighted by molar-refractivity contribution is 0.0739. The number of amides is 1. The Hall–Kier alpha value is -1.33. The van der Waals surface area contributed by atoms with Gasteiger partial charge in [-0.15, -0.1) is 11.3 Å². The molecule has 1 fully saturated rings. The molecule has 3 rings (SSSR count). The first-order chi connectivity index (χ1) is 9.66. The highest BCUT2D eigenvalue weighted by atomic mass is 79.9. The van der Waals surface area contributed by atoms with Crippen molar-refractivity contribution in [2.75, 3.05) is 12.3 Å². The minimum Gasteiger partial charge on any atom is -0.398 e. The van der Waals surface area contributed by atoms with Gasteiger partial charge in [0.2, 0.25) is 0 Å². The maximum absolute atomic E-state index is 12.7. The standard InChI is InChI=1S/C15H15BrN2OS/c16-10-5-6-11(12(17)9-10)15(19)18-7-1-3-13(18)14-4-2-8-20-14/h2,4-6,8-9,13H,1,3,7,17H2. The number of nitrogens with zero attached hydrogens (tertiary/aromatic N) is 1. The first-order valence-electron chi connectivity index (χ1n) is 6.56. The van der Waals surface area contributed by atoms with E-state index in [1.54, 1.807) is 23.5 Å². The van der Waals surface area contributed by atoms with Crippen LogP contribution in [0.4, 0.5) is 5.69 Å². The summed E-state index contributed by atoms with van der Waals surface area (Å²) in [5, 5.41) is 2.06. The maximum atomic E-state index is 12.7. The second-order valence-corrected chi connectivity index (χ2v) is 6.80. The van der Waals surface area contributed by atoms with Crippen LogP contribution in [0, 0.1) is 0 Å².